The third kappa shape index (κ3) is 4.39. The summed E-state index contributed by atoms with van der Waals surface area (Å²) in [4.78, 5) is 12.6. The molecule has 0 aliphatic carbocycles. The molecule has 0 bridgehead atoms. The van der Waals surface area contributed by atoms with Crippen molar-refractivity contribution in [1.29, 1.82) is 0 Å². The molecular weight excluding hydrogens is 343 g/mol. The Kier molecular flexibility index (Phi) is 5.64. The van der Waals surface area contributed by atoms with Gasteiger partial charge in [0.05, 0.1) is 11.4 Å². The number of amides is 1. The van der Waals surface area contributed by atoms with Crippen LogP contribution in [0.2, 0.25) is 0 Å². The lowest BCUT2D eigenvalue weighted by Crippen LogP contribution is -2.33. The monoisotopic (exact) mass is 366 g/mol. The average molecular weight is 366 g/mol. The minimum absolute atomic E-state index is 0.000856. The van der Waals surface area contributed by atoms with Crippen LogP contribution in [0.3, 0.4) is 0 Å². The lowest BCUT2D eigenvalue weighted by molar-refractivity contribution is 0.0932. The molecule has 27 heavy (non-hydrogen) atoms. The second kappa shape index (κ2) is 8.12. The number of aryl methyl sites for hydroxylation is 2. The Balaban J connectivity index is 1.66. The first-order valence-electron chi connectivity index (χ1n) is 8.99. The van der Waals surface area contributed by atoms with Crippen molar-refractivity contribution in [3.05, 3.63) is 76.9 Å². The molecule has 1 N–H and O–H groups in total. The number of carbonyl (C=O) groups is 1. The van der Waals surface area contributed by atoms with Crippen LogP contribution in [0.4, 0.5) is 4.39 Å². The summed E-state index contributed by atoms with van der Waals surface area (Å²) in [7, 11) is 0. The van der Waals surface area contributed by atoms with Gasteiger partial charge in [0.1, 0.15) is 5.82 Å². The fourth-order valence-electron chi connectivity index (χ4n) is 2.89. The van der Waals surface area contributed by atoms with Crippen LogP contribution in [-0.4, -0.2) is 26.9 Å². The summed E-state index contributed by atoms with van der Waals surface area (Å²) < 4.78 is 15.3. The predicted molar refractivity (Wildman–Crippen MR) is 102 cm³/mol. The number of rotatable bonds is 6. The van der Waals surface area contributed by atoms with Crippen LogP contribution in [0, 0.1) is 19.7 Å². The summed E-state index contributed by atoms with van der Waals surface area (Å²) in [5, 5.41) is 11.0. The molecule has 0 radical (unpaired) electrons. The van der Waals surface area contributed by atoms with Crippen molar-refractivity contribution < 1.29 is 9.18 Å². The van der Waals surface area contributed by atoms with Crippen LogP contribution < -0.4 is 5.32 Å². The SMILES string of the molecule is Cc1ccc(-n2nnc(C(=O)N[C@@H](C)CCc3ccccc3)c2C)cc1F. The van der Waals surface area contributed by atoms with Gasteiger partial charge >= 0.3 is 0 Å². The molecule has 1 heterocycles. The minimum Gasteiger partial charge on any atom is -0.348 e. The second-order valence-electron chi connectivity index (χ2n) is 6.77. The first-order valence-corrected chi connectivity index (χ1v) is 8.99. The van der Waals surface area contributed by atoms with E-state index in [-0.39, 0.29) is 23.5 Å². The predicted octanol–water partition coefficient (Wildman–Crippen LogP) is 3.77. The Morgan fingerprint density at radius 2 is 1.93 bits per heavy atom. The van der Waals surface area contributed by atoms with Crippen LogP contribution >= 0.6 is 0 Å². The van der Waals surface area contributed by atoms with E-state index < -0.39 is 0 Å². The van der Waals surface area contributed by atoms with Crippen LogP contribution in [-0.2, 0) is 6.42 Å². The zero-order valence-electron chi connectivity index (χ0n) is 15.7. The molecule has 2 aromatic carbocycles. The van der Waals surface area contributed by atoms with Crippen LogP contribution in [0.5, 0.6) is 0 Å². The summed E-state index contributed by atoms with van der Waals surface area (Å²) in [6.45, 7) is 5.42. The fourth-order valence-corrected chi connectivity index (χ4v) is 2.89. The number of benzene rings is 2. The molecule has 0 aliphatic rings. The topological polar surface area (TPSA) is 59.8 Å². The van der Waals surface area contributed by atoms with Crippen LogP contribution in [0.25, 0.3) is 5.69 Å². The molecule has 0 saturated carbocycles. The van der Waals surface area contributed by atoms with Gasteiger partial charge in [-0.2, -0.15) is 0 Å². The standard InChI is InChI=1S/C21H23FN4O/c1-14-9-12-18(13-19(14)22)26-16(3)20(24-25-26)21(27)23-15(2)10-11-17-7-5-4-6-8-17/h4-9,12-13,15H,10-11H2,1-3H3,(H,23,27)/t15-/m0/s1. The molecule has 0 aliphatic heterocycles. The lowest BCUT2D eigenvalue weighted by Gasteiger charge is -2.13. The zero-order valence-corrected chi connectivity index (χ0v) is 15.7. The van der Waals surface area contributed by atoms with E-state index in [0.717, 1.165) is 12.8 Å². The van der Waals surface area contributed by atoms with Gasteiger partial charge in [0.15, 0.2) is 5.69 Å². The number of carbonyl (C=O) groups excluding carboxylic acids is 1. The zero-order chi connectivity index (χ0) is 19.4. The molecular formula is C21H23FN4O. The Bertz CT molecular complexity index is 937. The third-order valence-electron chi connectivity index (χ3n) is 4.60. The van der Waals surface area contributed by atoms with E-state index in [2.05, 4.69) is 27.8 Å². The van der Waals surface area contributed by atoms with E-state index >= 15 is 0 Å². The van der Waals surface area contributed by atoms with Gasteiger partial charge < -0.3 is 5.32 Å². The van der Waals surface area contributed by atoms with Gasteiger partial charge in [0.2, 0.25) is 0 Å². The summed E-state index contributed by atoms with van der Waals surface area (Å²) in [5.74, 6) is -0.588. The largest absolute Gasteiger partial charge is 0.348 e. The first-order chi connectivity index (χ1) is 13.0. The second-order valence-corrected chi connectivity index (χ2v) is 6.77. The number of halogens is 1. The molecule has 0 spiro atoms. The fraction of sp³-hybridized carbons (Fsp3) is 0.286. The van der Waals surface area contributed by atoms with Gasteiger partial charge in [-0.15, -0.1) is 5.10 Å². The van der Waals surface area contributed by atoms with Gasteiger partial charge in [0, 0.05) is 6.04 Å². The number of hydrogen-bond donors (Lipinski definition) is 1. The summed E-state index contributed by atoms with van der Waals surface area (Å²) in [5.41, 5.74) is 3.16. The van der Waals surface area contributed by atoms with E-state index in [9.17, 15) is 9.18 Å². The number of aromatic nitrogens is 3. The van der Waals surface area contributed by atoms with E-state index in [0.29, 0.717) is 16.9 Å². The van der Waals surface area contributed by atoms with E-state index in [1.807, 2.05) is 25.1 Å². The highest BCUT2D eigenvalue weighted by atomic mass is 19.1. The molecule has 5 nitrogen and oxygen atoms in total. The average Bonchev–Trinajstić information content (AvgIpc) is 3.05. The van der Waals surface area contributed by atoms with Gasteiger partial charge in [-0.1, -0.05) is 41.6 Å². The van der Waals surface area contributed by atoms with E-state index in [1.165, 1.54) is 16.3 Å². The molecule has 0 unspecified atom stereocenters. The number of nitrogens with zero attached hydrogens (tertiary/aromatic N) is 3. The maximum absolute atomic E-state index is 13.8. The maximum Gasteiger partial charge on any atom is 0.273 e. The Morgan fingerprint density at radius 3 is 2.63 bits per heavy atom. The summed E-state index contributed by atoms with van der Waals surface area (Å²) in [6, 6.07) is 15.0. The molecule has 6 heteroatoms. The molecule has 0 fully saturated rings. The lowest BCUT2D eigenvalue weighted by atomic mass is 10.1. The van der Waals surface area contributed by atoms with Crippen molar-refractivity contribution in [1.82, 2.24) is 20.3 Å². The first kappa shape index (κ1) is 18.8. The molecule has 3 rings (SSSR count). The number of hydrogen-bond acceptors (Lipinski definition) is 3. The van der Waals surface area contributed by atoms with Crippen LogP contribution in [0.15, 0.2) is 48.5 Å². The van der Waals surface area contributed by atoms with Crippen molar-refractivity contribution in [2.45, 2.75) is 39.7 Å². The molecule has 140 valence electrons. The van der Waals surface area contributed by atoms with Gasteiger partial charge in [-0.05, 0) is 56.9 Å². The summed E-state index contributed by atoms with van der Waals surface area (Å²) >= 11 is 0. The number of nitrogens with one attached hydrogen (secondary N) is 1. The van der Waals surface area contributed by atoms with E-state index in [1.54, 1.807) is 26.0 Å². The van der Waals surface area contributed by atoms with Gasteiger partial charge in [0.25, 0.3) is 5.91 Å². The van der Waals surface area contributed by atoms with Gasteiger partial charge in [-0.25, -0.2) is 9.07 Å². The Labute approximate surface area is 158 Å². The van der Waals surface area contributed by atoms with Gasteiger partial charge in [-0.3, -0.25) is 4.79 Å². The van der Waals surface area contributed by atoms with Crippen molar-refractivity contribution >= 4 is 5.91 Å². The highest BCUT2D eigenvalue weighted by Gasteiger charge is 2.19. The van der Waals surface area contributed by atoms with Crippen molar-refractivity contribution in [2.75, 3.05) is 0 Å². The normalized spacial score (nSPS) is 12.0. The molecule has 1 atom stereocenters. The maximum atomic E-state index is 13.8. The van der Waals surface area contributed by atoms with E-state index in [4.69, 9.17) is 0 Å². The van der Waals surface area contributed by atoms with Crippen molar-refractivity contribution in [3.8, 4) is 5.69 Å². The van der Waals surface area contributed by atoms with Crippen molar-refractivity contribution in [2.24, 2.45) is 0 Å². The minimum atomic E-state index is -0.317. The highest BCUT2D eigenvalue weighted by molar-refractivity contribution is 5.93. The molecule has 1 amide bonds. The Morgan fingerprint density at radius 1 is 1.19 bits per heavy atom. The molecule has 1 aromatic heterocycles. The molecule has 0 saturated heterocycles. The van der Waals surface area contributed by atoms with Crippen molar-refractivity contribution in [3.63, 3.8) is 0 Å². The van der Waals surface area contributed by atoms with Crippen LogP contribution in [0.1, 0.15) is 40.7 Å². The Hall–Kier alpha value is -3.02. The third-order valence-corrected chi connectivity index (χ3v) is 4.60. The highest BCUT2D eigenvalue weighted by Crippen LogP contribution is 2.16. The molecule has 3 aromatic rings. The smallest absolute Gasteiger partial charge is 0.273 e. The quantitative estimate of drug-likeness (QED) is 0.722. The summed E-state index contributed by atoms with van der Waals surface area (Å²) in [6.07, 6.45) is 1.71.